The molecule has 12 heteroatoms. The fourth-order valence-corrected chi connectivity index (χ4v) is 4.96. The molecule has 1 aliphatic rings. The van der Waals surface area contributed by atoms with E-state index in [4.69, 9.17) is 14.3 Å². The lowest BCUT2D eigenvalue weighted by Crippen LogP contribution is -2.27. The molecule has 10 nitrogen and oxygen atoms in total. The van der Waals surface area contributed by atoms with Crippen molar-refractivity contribution in [3.63, 3.8) is 0 Å². The maximum atomic E-state index is 13.0. The van der Waals surface area contributed by atoms with Gasteiger partial charge in [0.05, 0.1) is 17.6 Å². The highest BCUT2D eigenvalue weighted by atomic mass is 32.2. The van der Waals surface area contributed by atoms with Crippen LogP contribution in [0, 0.1) is 6.92 Å². The first-order valence-corrected chi connectivity index (χ1v) is 12.7. The number of ether oxygens (including phenoxy) is 2. The van der Waals surface area contributed by atoms with Gasteiger partial charge in [-0.2, -0.15) is 0 Å². The summed E-state index contributed by atoms with van der Waals surface area (Å²) in [7, 11) is -0.551. The standard InChI is InChI=1S/C21H28N4O6S2/c1-14-13-22-21(32-14)24-20(26)19(25-31-17-7-6-16(12-17)30-3)15-4-8-18(9-5-15)33(27,28)23-10-11-29-2/h4-5,8-9,13,16-17,23H,6-7,10-12H2,1-3H3,(H,22,24,26)/t16-,17-/m1/s1. The molecule has 33 heavy (non-hydrogen) atoms. The third kappa shape index (κ3) is 7.05. The number of methoxy groups -OCH3 is 2. The highest BCUT2D eigenvalue weighted by Crippen LogP contribution is 2.25. The SMILES string of the molecule is COCCNS(=O)(=O)c1ccc(C(=NO[C@@H]2CC[C@@H](OC)C2)C(=O)Nc2ncc(C)s2)cc1. The summed E-state index contributed by atoms with van der Waals surface area (Å²) in [6, 6.07) is 5.87. The number of amides is 1. The van der Waals surface area contributed by atoms with Gasteiger partial charge in [-0.15, -0.1) is 11.3 Å². The van der Waals surface area contributed by atoms with Gasteiger partial charge in [0.2, 0.25) is 10.0 Å². The molecule has 0 unspecified atom stereocenters. The van der Waals surface area contributed by atoms with Gasteiger partial charge in [-0.1, -0.05) is 17.3 Å². The zero-order chi connectivity index (χ0) is 23.8. The van der Waals surface area contributed by atoms with Crippen LogP contribution in [0.2, 0.25) is 0 Å². The molecule has 1 amide bonds. The van der Waals surface area contributed by atoms with Gasteiger partial charge in [-0.05, 0) is 31.9 Å². The Bertz CT molecular complexity index is 1070. The molecule has 0 bridgehead atoms. The number of rotatable bonds is 11. The van der Waals surface area contributed by atoms with E-state index in [2.05, 4.69) is 20.2 Å². The topological polar surface area (TPSA) is 128 Å². The van der Waals surface area contributed by atoms with E-state index in [0.717, 1.165) is 17.7 Å². The Kier molecular flexibility index (Phi) is 8.92. The second-order valence-electron chi connectivity index (χ2n) is 7.48. The maximum absolute atomic E-state index is 13.0. The van der Waals surface area contributed by atoms with E-state index in [9.17, 15) is 13.2 Å². The summed E-state index contributed by atoms with van der Waals surface area (Å²) in [5, 5.41) is 7.31. The Hall–Kier alpha value is -2.38. The van der Waals surface area contributed by atoms with Crippen molar-refractivity contribution in [2.45, 2.75) is 43.3 Å². The third-order valence-electron chi connectivity index (χ3n) is 5.06. The van der Waals surface area contributed by atoms with Crippen molar-refractivity contribution in [2.75, 3.05) is 32.7 Å². The molecule has 1 aromatic heterocycles. The summed E-state index contributed by atoms with van der Waals surface area (Å²) in [5.41, 5.74) is 0.443. The van der Waals surface area contributed by atoms with Crippen LogP contribution in [0.1, 0.15) is 29.7 Å². The van der Waals surface area contributed by atoms with E-state index in [-0.39, 0.29) is 36.0 Å². The molecule has 1 saturated carbocycles. The molecule has 180 valence electrons. The number of sulfonamides is 1. The summed E-state index contributed by atoms with van der Waals surface area (Å²) in [6.07, 6.45) is 3.92. The molecule has 0 radical (unpaired) electrons. The lowest BCUT2D eigenvalue weighted by molar-refractivity contribution is -0.110. The summed E-state index contributed by atoms with van der Waals surface area (Å²) < 4.78 is 37.5. The van der Waals surface area contributed by atoms with Crippen molar-refractivity contribution in [3.05, 3.63) is 40.9 Å². The first kappa shape index (κ1) is 25.2. The van der Waals surface area contributed by atoms with Crippen LogP contribution in [0.3, 0.4) is 0 Å². The number of aryl methyl sites for hydroxylation is 1. The molecule has 0 saturated heterocycles. The fourth-order valence-electron chi connectivity index (χ4n) is 3.29. The number of benzene rings is 1. The number of carbonyl (C=O) groups is 1. The van der Waals surface area contributed by atoms with Gasteiger partial charge in [0.15, 0.2) is 10.8 Å². The van der Waals surface area contributed by atoms with Gasteiger partial charge in [0.25, 0.3) is 5.91 Å². The first-order valence-electron chi connectivity index (χ1n) is 10.4. The second-order valence-corrected chi connectivity index (χ2v) is 10.5. The normalized spacial score (nSPS) is 18.9. The third-order valence-corrected chi connectivity index (χ3v) is 7.36. The molecule has 2 aromatic rings. The minimum Gasteiger partial charge on any atom is -0.392 e. The van der Waals surface area contributed by atoms with Gasteiger partial charge in [0.1, 0.15) is 6.10 Å². The van der Waals surface area contributed by atoms with E-state index >= 15 is 0 Å². The van der Waals surface area contributed by atoms with Gasteiger partial charge in [0, 0.05) is 43.8 Å². The average Bonchev–Trinajstić information content (AvgIpc) is 3.43. The van der Waals surface area contributed by atoms with Crippen LogP contribution in [0.5, 0.6) is 0 Å². The molecule has 1 aromatic carbocycles. The van der Waals surface area contributed by atoms with E-state index in [0.29, 0.717) is 17.1 Å². The van der Waals surface area contributed by atoms with Crippen LogP contribution in [-0.2, 0) is 29.1 Å². The van der Waals surface area contributed by atoms with Crippen molar-refractivity contribution in [1.29, 1.82) is 0 Å². The molecule has 1 fully saturated rings. The maximum Gasteiger partial charge on any atom is 0.280 e. The minimum atomic E-state index is -3.70. The average molecular weight is 497 g/mol. The number of oxime groups is 1. The Balaban J connectivity index is 1.80. The largest absolute Gasteiger partial charge is 0.392 e. The van der Waals surface area contributed by atoms with Crippen LogP contribution < -0.4 is 10.0 Å². The van der Waals surface area contributed by atoms with E-state index < -0.39 is 15.9 Å². The zero-order valence-electron chi connectivity index (χ0n) is 18.7. The zero-order valence-corrected chi connectivity index (χ0v) is 20.4. The van der Waals surface area contributed by atoms with Crippen molar-refractivity contribution in [2.24, 2.45) is 5.16 Å². The fraction of sp³-hybridized carbons (Fsp3) is 0.476. The van der Waals surface area contributed by atoms with Crippen LogP contribution in [0.15, 0.2) is 40.5 Å². The van der Waals surface area contributed by atoms with Crippen LogP contribution in [-0.4, -0.2) is 64.6 Å². The molecule has 2 N–H and O–H groups in total. The number of nitrogens with one attached hydrogen (secondary N) is 2. The van der Waals surface area contributed by atoms with Gasteiger partial charge < -0.3 is 14.3 Å². The van der Waals surface area contributed by atoms with Crippen LogP contribution >= 0.6 is 11.3 Å². The van der Waals surface area contributed by atoms with Gasteiger partial charge >= 0.3 is 0 Å². The summed E-state index contributed by atoms with van der Waals surface area (Å²) in [5.74, 6) is -0.500. The molecule has 3 rings (SSSR count). The quantitative estimate of drug-likeness (QED) is 0.277. The lowest BCUT2D eigenvalue weighted by Gasteiger charge is -2.12. The number of carbonyl (C=O) groups excluding carboxylic acids is 1. The lowest BCUT2D eigenvalue weighted by atomic mass is 10.1. The monoisotopic (exact) mass is 496 g/mol. The number of hydrogen-bond acceptors (Lipinski definition) is 9. The molecular weight excluding hydrogens is 468 g/mol. The predicted molar refractivity (Wildman–Crippen MR) is 125 cm³/mol. The van der Waals surface area contributed by atoms with Crippen molar-refractivity contribution in [1.82, 2.24) is 9.71 Å². The predicted octanol–water partition coefficient (Wildman–Crippen LogP) is 2.30. The van der Waals surface area contributed by atoms with Crippen molar-refractivity contribution >= 4 is 38.1 Å². The molecule has 1 heterocycles. The summed E-state index contributed by atoms with van der Waals surface area (Å²) in [4.78, 5) is 23.8. The van der Waals surface area contributed by atoms with Crippen LogP contribution in [0.4, 0.5) is 5.13 Å². The summed E-state index contributed by atoms with van der Waals surface area (Å²) in [6.45, 7) is 2.30. The number of anilines is 1. The van der Waals surface area contributed by atoms with Crippen molar-refractivity contribution < 1.29 is 27.5 Å². The first-order chi connectivity index (χ1) is 15.8. The van der Waals surface area contributed by atoms with E-state index in [1.807, 2.05) is 6.92 Å². The highest BCUT2D eigenvalue weighted by Gasteiger charge is 2.27. The van der Waals surface area contributed by atoms with Gasteiger partial charge in [-0.25, -0.2) is 18.1 Å². The number of nitrogens with zero attached hydrogens (tertiary/aromatic N) is 2. The smallest absolute Gasteiger partial charge is 0.280 e. The minimum absolute atomic E-state index is 0.0278. The van der Waals surface area contributed by atoms with Crippen LogP contribution in [0.25, 0.3) is 0 Å². The molecule has 0 aliphatic heterocycles. The highest BCUT2D eigenvalue weighted by molar-refractivity contribution is 7.89. The second kappa shape index (κ2) is 11.7. The number of aromatic nitrogens is 1. The number of thiazole rings is 1. The van der Waals surface area contributed by atoms with Gasteiger partial charge in [-0.3, -0.25) is 10.1 Å². The Morgan fingerprint density at radius 2 is 1.94 bits per heavy atom. The Morgan fingerprint density at radius 1 is 1.21 bits per heavy atom. The molecule has 0 spiro atoms. The Morgan fingerprint density at radius 3 is 2.55 bits per heavy atom. The molecule has 1 aliphatic carbocycles. The Labute approximate surface area is 197 Å². The van der Waals surface area contributed by atoms with E-state index in [1.165, 1.54) is 42.7 Å². The molecular formula is C21H28N4O6S2. The summed E-state index contributed by atoms with van der Waals surface area (Å²) >= 11 is 1.34. The number of hydrogen-bond donors (Lipinski definition) is 2. The van der Waals surface area contributed by atoms with E-state index in [1.54, 1.807) is 13.3 Å². The van der Waals surface area contributed by atoms with Crippen molar-refractivity contribution in [3.8, 4) is 0 Å². The molecule has 2 atom stereocenters.